The number of nitrogens with one attached hydrogen (secondary N) is 1. The summed E-state index contributed by atoms with van der Waals surface area (Å²) in [6, 6.07) is 14.8. The monoisotopic (exact) mass is 294 g/mol. The lowest BCUT2D eigenvalue weighted by atomic mass is 10.1. The normalized spacial score (nSPS) is 10.4. The van der Waals surface area contributed by atoms with Crippen LogP contribution in [0, 0.1) is 6.92 Å². The van der Waals surface area contributed by atoms with Crippen molar-refractivity contribution in [2.45, 2.75) is 13.5 Å². The van der Waals surface area contributed by atoms with Crippen molar-refractivity contribution in [2.75, 3.05) is 0 Å². The molecule has 0 spiro atoms. The molecule has 0 saturated carbocycles. The number of rotatable bonds is 4. The number of hydrogen-bond acceptors (Lipinski definition) is 5. The first-order valence-corrected chi connectivity index (χ1v) is 6.79. The van der Waals surface area contributed by atoms with Crippen molar-refractivity contribution in [2.24, 2.45) is 0 Å². The van der Waals surface area contributed by atoms with E-state index in [2.05, 4.69) is 20.6 Å². The first-order chi connectivity index (χ1) is 10.7. The van der Waals surface area contributed by atoms with Crippen LogP contribution in [0.15, 0.2) is 48.5 Å². The second-order valence-corrected chi connectivity index (χ2v) is 4.88. The molecule has 0 saturated heterocycles. The zero-order valence-electron chi connectivity index (χ0n) is 12.0. The summed E-state index contributed by atoms with van der Waals surface area (Å²) in [4.78, 5) is 12.0. The Balaban J connectivity index is 1.65. The molecule has 2 aromatic carbocycles. The van der Waals surface area contributed by atoms with E-state index in [1.165, 1.54) is 0 Å². The fourth-order valence-electron chi connectivity index (χ4n) is 2.07. The summed E-state index contributed by atoms with van der Waals surface area (Å²) in [7, 11) is 0. The van der Waals surface area contributed by atoms with Crippen molar-refractivity contribution in [3.05, 3.63) is 65.2 Å². The van der Waals surface area contributed by atoms with Crippen molar-refractivity contribution in [3.8, 4) is 11.4 Å². The molecule has 3 rings (SSSR count). The molecule has 0 unspecified atom stereocenters. The standard InChI is InChI=1S/C16H14N4O2/c1-11-3-2-4-12(9-11)10-22-16(21)14-7-5-13(6-8-14)15-17-19-20-18-15/h2-9H,10H2,1H3,(H,17,18,19,20). The number of hydrogen-bond donors (Lipinski definition) is 1. The summed E-state index contributed by atoms with van der Waals surface area (Å²) in [6.45, 7) is 2.26. The minimum absolute atomic E-state index is 0.257. The van der Waals surface area contributed by atoms with E-state index in [0.29, 0.717) is 11.4 Å². The number of carbonyl (C=O) groups is 1. The Morgan fingerprint density at radius 3 is 2.68 bits per heavy atom. The maximum Gasteiger partial charge on any atom is 0.338 e. The summed E-state index contributed by atoms with van der Waals surface area (Å²) in [5.41, 5.74) is 3.37. The van der Waals surface area contributed by atoms with Crippen LogP contribution in [0.25, 0.3) is 11.4 Å². The van der Waals surface area contributed by atoms with E-state index in [4.69, 9.17) is 4.74 Å². The number of nitrogens with zero attached hydrogens (tertiary/aromatic N) is 3. The largest absolute Gasteiger partial charge is 0.457 e. The molecule has 1 aromatic heterocycles. The second-order valence-electron chi connectivity index (χ2n) is 4.88. The summed E-state index contributed by atoms with van der Waals surface area (Å²) in [5.74, 6) is 0.126. The quantitative estimate of drug-likeness (QED) is 0.748. The van der Waals surface area contributed by atoms with Crippen molar-refractivity contribution < 1.29 is 9.53 Å². The van der Waals surface area contributed by atoms with Crippen molar-refractivity contribution in [1.29, 1.82) is 0 Å². The van der Waals surface area contributed by atoms with Crippen LogP contribution in [0.1, 0.15) is 21.5 Å². The highest BCUT2D eigenvalue weighted by molar-refractivity contribution is 5.89. The number of benzene rings is 2. The van der Waals surface area contributed by atoms with Gasteiger partial charge in [0.1, 0.15) is 6.61 Å². The van der Waals surface area contributed by atoms with E-state index in [1.807, 2.05) is 31.2 Å². The van der Waals surface area contributed by atoms with Crippen LogP contribution in [-0.4, -0.2) is 26.6 Å². The number of aromatic amines is 1. The molecule has 0 aliphatic carbocycles. The summed E-state index contributed by atoms with van der Waals surface area (Å²) >= 11 is 0. The Morgan fingerprint density at radius 1 is 1.18 bits per heavy atom. The van der Waals surface area contributed by atoms with Gasteiger partial charge in [0.2, 0.25) is 5.82 Å². The van der Waals surface area contributed by atoms with E-state index in [0.717, 1.165) is 16.7 Å². The number of ether oxygens (including phenoxy) is 1. The third kappa shape index (κ3) is 3.17. The molecule has 6 nitrogen and oxygen atoms in total. The molecule has 6 heteroatoms. The van der Waals surface area contributed by atoms with Crippen molar-refractivity contribution in [3.63, 3.8) is 0 Å². The van der Waals surface area contributed by atoms with E-state index in [-0.39, 0.29) is 12.6 Å². The van der Waals surface area contributed by atoms with E-state index in [9.17, 15) is 4.79 Å². The summed E-state index contributed by atoms with van der Waals surface area (Å²) in [6.07, 6.45) is 0. The third-order valence-electron chi connectivity index (χ3n) is 3.18. The molecule has 110 valence electrons. The predicted molar refractivity (Wildman–Crippen MR) is 79.9 cm³/mol. The fraction of sp³-hybridized carbons (Fsp3) is 0.125. The molecule has 0 atom stereocenters. The van der Waals surface area contributed by atoms with Gasteiger partial charge in [-0.3, -0.25) is 0 Å². The molecule has 0 aliphatic rings. The van der Waals surface area contributed by atoms with Crippen LogP contribution in [0.2, 0.25) is 0 Å². The van der Waals surface area contributed by atoms with E-state index < -0.39 is 0 Å². The number of tetrazole rings is 1. The number of aromatic nitrogens is 4. The highest BCUT2D eigenvalue weighted by atomic mass is 16.5. The van der Waals surface area contributed by atoms with Gasteiger partial charge < -0.3 is 4.74 Å². The average Bonchev–Trinajstić information content (AvgIpc) is 3.07. The molecule has 0 radical (unpaired) electrons. The van der Waals surface area contributed by atoms with Gasteiger partial charge in [-0.25, -0.2) is 4.79 Å². The number of carbonyl (C=O) groups excluding carboxylic acids is 1. The van der Waals surface area contributed by atoms with Crippen LogP contribution in [0.4, 0.5) is 0 Å². The Bertz CT molecular complexity index is 767. The van der Waals surface area contributed by atoms with E-state index >= 15 is 0 Å². The van der Waals surface area contributed by atoms with Gasteiger partial charge in [-0.2, -0.15) is 5.21 Å². The molecule has 0 aliphatic heterocycles. The lowest BCUT2D eigenvalue weighted by Gasteiger charge is -2.06. The van der Waals surface area contributed by atoms with Gasteiger partial charge in [-0.05, 0) is 29.8 Å². The molecule has 0 amide bonds. The van der Waals surface area contributed by atoms with E-state index in [1.54, 1.807) is 24.3 Å². The Hall–Kier alpha value is -3.02. The number of aryl methyl sites for hydroxylation is 1. The Morgan fingerprint density at radius 2 is 2.00 bits per heavy atom. The second kappa shape index (κ2) is 6.17. The van der Waals surface area contributed by atoms with Crippen molar-refractivity contribution in [1.82, 2.24) is 20.6 Å². The maximum atomic E-state index is 12.0. The first-order valence-electron chi connectivity index (χ1n) is 6.79. The molecule has 0 fully saturated rings. The lowest BCUT2D eigenvalue weighted by Crippen LogP contribution is -2.05. The molecule has 1 heterocycles. The fourth-order valence-corrected chi connectivity index (χ4v) is 2.07. The molecule has 22 heavy (non-hydrogen) atoms. The number of esters is 1. The van der Waals surface area contributed by atoms with Gasteiger partial charge in [0, 0.05) is 5.56 Å². The summed E-state index contributed by atoms with van der Waals surface area (Å²) in [5, 5.41) is 13.6. The van der Waals surface area contributed by atoms with Crippen LogP contribution in [0.5, 0.6) is 0 Å². The predicted octanol–water partition coefficient (Wildman–Crippen LogP) is 2.53. The van der Waals surface area contributed by atoms with Crippen LogP contribution in [-0.2, 0) is 11.3 Å². The zero-order valence-corrected chi connectivity index (χ0v) is 12.0. The van der Waals surface area contributed by atoms with Gasteiger partial charge >= 0.3 is 5.97 Å². The van der Waals surface area contributed by atoms with Gasteiger partial charge in [0.05, 0.1) is 5.56 Å². The highest BCUT2D eigenvalue weighted by Gasteiger charge is 2.09. The van der Waals surface area contributed by atoms with Gasteiger partial charge in [0.25, 0.3) is 0 Å². The Kier molecular flexibility index (Phi) is 3.91. The Labute approximate surface area is 127 Å². The molecule has 0 bridgehead atoms. The minimum Gasteiger partial charge on any atom is -0.457 e. The smallest absolute Gasteiger partial charge is 0.338 e. The van der Waals surface area contributed by atoms with Crippen molar-refractivity contribution >= 4 is 5.97 Å². The topological polar surface area (TPSA) is 80.8 Å². The highest BCUT2D eigenvalue weighted by Crippen LogP contribution is 2.15. The third-order valence-corrected chi connectivity index (χ3v) is 3.18. The molecule has 1 N–H and O–H groups in total. The molecular formula is C16H14N4O2. The number of H-pyrrole nitrogens is 1. The minimum atomic E-state index is -0.360. The van der Waals surface area contributed by atoms with Gasteiger partial charge in [-0.1, -0.05) is 42.0 Å². The average molecular weight is 294 g/mol. The lowest BCUT2D eigenvalue weighted by molar-refractivity contribution is 0.0472. The SMILES string of the molecule is Cc1cccc(COC(=O)c2ccc(-c3nn[nH]n3)cc2)c1. The van der Waals surface area contributed by atoms with Gasteiger partial charge in [-0.15, -0.1) is 10.2 Å². The van der Waals surface area contributed by atoms with Crippen LogP contribution >= 0.6 is 0 Å². The van der Waals surface area contributed by atoms with Crippen LogP contribution < -0.4 is 0 Å². The zero-order chi connectivity index (χ0) is 15.4. The van der Waals surface area contributed by atoms with Gasteiger partial charge in [0.15, 0.2) is 0 Å². The maximum absolute atomic E-state index is 12.0. The molecule has 3 aromatic rings. The summed E-state index contributed by atoms with van der Waals surface area (Å²) < 4.78 is 5.31. The van der Waals surface area contributed by atoms with Crippen LogP contribution in [0.3, 0.4) is 0 Å². The molecular weight excluding hydrogens is 280 g/mol. The first kappa shape index (κ1) is 13.9.